The number of para-hydroxylation sites is 1. The first-order valence-electron chi connectivity index (χ1n) is 11.6. The standard InChI is InChI=1S/C24H31N3O5S/c1-3-31-21-9-5-4-8-19(21)10-11-22-23(18(2)25-32-22)33(29,30)27-16-12-20(13-17-27)24(28)26-14-6-7-15-26/h4-5,8-11,20H,3,6-7,12-17H2,1-2H3. The molecule has 2 aliphatic heterocycles. The minimum absolute atomic E-state index is 0.0805. The van der Waals surface area contributed by atoms with Crippen molar-refractivity contribution < 1.29 is 22.5 Å². The lowest BCUT2D eigenvalue weighted by molar-refractivity contribution is -0.135. The highest BCUT2D eigenvalue weighted by Crippen LogP contribution is 2.31. The Labute approximate surface area is 195 Å². The summed E-state index contributed by atoms with van der Waals surface area (Å²) in [5.41, 5.74) is 1.14. The number of rotatable bonds is 7. The first kappa shape index (κ1) is 23.5. The summed E-state index contributed by atoms with van der Waals surface area (Å²) in [5.74, 6) is 0.963. The van der Waals surface area contributed by atoms with Gasteiger partial charge in [-0.3, -0.25) is 4.79 Å². The zero-order valence-corrected chi connectivity index (χ0v) is 20.0. The molecule has 178 valence electrons. The lowest BCUT2D eigenvalue weighted by Crippen LogP contribution is -2.43. The van der Waals surface area contributed by atoms with Gasteiger partial charge in [-0.25, -0.2) is 8.42 Å². The van der Waals surface area contributed by atoms with Gasteiger partial charge in [-0.15, -0.1) is 0 Å². The number of hydrogen-bond acceptors (Lipinski definition) is 6. The third-order valence-electron chi connectivity index (χ3n) is 6.29. The van der Waals surface area contributed by atoms with E-state index >= 15 is 0 Å². The third-order valence-corrected chi connectivity index (χ3v) is 8.34. The van der Waals surface area contributed by atoms with Gasteiger partial charge in [0.15, 0.2) is 10.7 Å². The van der Waals surface area contributed by atoms with E-state index in [-0.39, 0.29) is 22.5 Å². The molecular formula is C24H31N3O5S. The average Bonchev–Trinajstić information content (AvgIpc) is 3.48. The van der Waals surface area contributed by atoms with E-state index in [9.17, 15) is 13.2 Å². The minimum atomic E-state index is -3.80. The van der Waals surface area contributed by atoms with Crippen molar-refractivity contribution in [3.63, 3.8) is 0 Å². The Balaban J connectivity index is 1.50. The van der Waals surface area contributed by atoms with Crippen molar-refractivity contribution >= 4 is 28.1 Å². The largest absolute Gasteiger partial charge is 0.493 e. The number of sulfonamides is 1. The molecule has 0 unspecified atom stereocenters. The Kier molecular flexibility index (Phi) is 7.19. The van der Waals surface area contributed by atoms with Crippen LogP contribution in [0.3, 0.4) is 0 Å². The van der Waals surface area contributed by atoms with Gasteiger partial charge in [-0.2, -0.15) is 4.31 Å². The second kappa shape index (κ2) is 10.1. The van der Waals surface area contributed by atoms with E-state index in [0.717, 1.165) is 31.5 Å². The summed E-state index contributed by atoms with van der Waals surface area (Å²) < 4.78 is 39.4. The van der Waals surface area contributed by atoms with E-state index in [2.05, 4.69) is 5.16 Å². The molecule has 1 aromatic carbocycles. The van der Waals surface area contributed by atoms with Gasteiger partial charge >= 0.3 is 0 Å². The molecule has 0 spiro atoms. The van der Waals surface area contributed by atoms with Crippen molar-refractivity contribution in [2.45, 2.75) is 44.4 Å². The molecular weight excluding hydrogens is 442 g/mol. The summed E-state index contributed by atoms with van der Waals surface area (Å²) in [5, 5.41) is 3.92. The summed E-state index contributed by atoms with van der Waals surface area (Å²) in [6.07, 6.45) is 6.56. The number of ether oxygens (including phenoxy) is 1. The van der Waals surface area contributed by atoms with Crippen LogP contribution in [0.4, 0.5) is 0 Å². The molecule has 0 atom stereocenters. The topological polar surface area (TPSA) is 93.0 Å². The van der Waals surface area contributed by atoms with Crippen LogP contribution in [0.25, 0.3) is 12.2 Å². The third kappa shape index (κ3) is 4.99. The Morgan fingerprint density at radius 2 is 1.85 bits per heavy atom. The molecule has 1 aromatic heterocycles. The molecule has 8 nitrogen and oxygen atoms in total. The van der Waals surface area contributed by atoms with E-state index in [1.807, 2.05) is 36.1 Å². The van der Waals surface area contributed by atoms with E-state index < -0.39 is 10.0 Å². The number of likely N-dealkylation sites (tertiary alicyclic amines) is 1. The fourth-order valence-electron chi connectivity index (χ4n) is 4.54. The summed E-state index contributed by atoms with van der Waals surface area (Å²) in [4.78, 5) is 14.7. The number of nitrogens with zero attached hydrogens (tertiary/aromatic N) is 3. The fraction of sp³-hybridized carbons (Fsp3) is 0.500. The van der Waals surface area contributed by atoms with Crippen LogP contribution in [0.5, 0.6) is 5.75 Å². The van der Waals surface area contributed by atoms with Crippen molar-refractivity contribution in [1.82, 2.24) is 14.4 Å². The van der Waals surface area contributed by atoms with E-state index in [4.69, 9.17) is 9.26 Å². The zero-order valence-electron chi connectivity index (χ0n) is 19.2. The Bertz CT molecular complexity index is 1110. The molecule has 0 radical (unpaired) electrons. The van der Waals surface area contributed by atoms with Crippen LogP contribution in [0, 0.1) is 12.8 Å². The second-order valence-electron chi connectivity index (χ2n) is 8.48. The molecule has 4 rings (SSSR count). The zero-order chi connectivity index (χ0) is 23.4. The number of carbonyl (C=O) groups is 1. The molecule has 1 amide bonds. The van der Waals surface area contributed by atoms with Gasteiger partial charge in [0.2, 0.25) is 15.9 Å². The van der Waals surface area contributed by atoms with Gasteiger partial charge in [0, 0.05) is 37.7 Å². The van der Waals surface area contributed by atoms with Gasteiger partial charge in [-0.05, 0) is 57.7 Å². The smallest absolute Gasteiger partial charge is 0.248 e. The molecule has 0 saturated carbocycles. The molecule has 2 fully saturated rings. The van der Waals surface area contributed by atoms with Crippen molar-refractivity contribution in [3.05, 3.63) is 41.3 Å². The van der Waals surface area contributed by atoms with Gasteiger partial charge in [0.1, 0.15) is 11.4 Å². The van der Waals surface area contributed by atoms with Crippen LogP contribution < -0.4 is 4.74 Å². The molecule has 3 heterocycles. The summed E-state index contributed by atoms with van der Waals surface area (Å²) in [6, 6.07) is 7.52. The number of aromatic nitrogens is 1. The number of aryl methyl sites for hydroxylation is 1. The first-order valence-corrected chi connectivity index (χ1v) is 13.0. The maximum atomic E-state index is 13.5. The maximum Gasteiger partial charge on any atom is 0.248 e. The maximum absolute atomic E-state index is 13.5. The molecule has 0 aliphatic carbocycles. The van der Waals surface area contributed by atoms with E-state index in [1.54, 1.807) is 19.1 Å². The highest BCUT2D eigenvalue weighted by atomic mass is 32.2. The van der Waals surface area contributed by atoms with Crippen LogP contribution in [0.2, 0.25) is 0 Å². The SMILES string of the molecule is CCOc1ccccc1C=Cc1onc(C)c1S(=O)(=O)N1CCC(C(=O)N2CCCC2)CC1. The van der Waals surface area contributed by atoms with Crippen LogP contribution in [0.1, 0.15) is 49.6 Å². The van der Waals surface area contributed by atoms with E-state index in [1.165, 1.54) is 4.31 Å². The normalized spacial score (nSPS) is 18.3. The average molecular weight is 474 g/mol. The molecule has 33 heavy (non-hydrogen) atoms. The van der Waals surface area contributed by atoms with Gasteiger partial charge in [0.25, 0.3) is 0 Å². The van der Waals surface area contributed by atoms with E-state index in [0.29, 0.717) is 44.0 Å². The second-order valence-corrected chi connectivity index (χ2v) is 10.4. The number of piperidine rings is 1. The van der Waals surface area contributed by atoms with Crippen molar-refractivity contribution in [1.29, 1.82) is 0 Å². The number of hydrogen-bond donors (Lipinski definition) is 0. The van der Waals surface area contributed by atoms with Crippen molar-refractivity contribution in [2.75, 3.05) is 32.8 Å². The highest BCUT2D eigenvalue weighted by molar-refractivity contribution is 7.89. The Morgan fingerprint density at radius 3 is 2.55 bits per heavy atom. The molecule has 2 aromatic rings. The first-order chi connectivity index (χ1) is 15.9. The van der Waals surface area contributed by atoms with Gasteiger partial charge < -0.3 is 14.2 Å². The monoisotopic (exact) mass is 473 g/mol. The lowest BCUT2D eigenvalue weighted by atomic mass is 9.97. The van der Waals surface area contributed by atoms with Crippen molar-refractivity contribution in [3.8, 4) is 5.75 Å². The Hall–Kier alpha value is -2.65. The van der Waals surface area contributed by atoms with Gasteiger partial charge in [-0.1, -0.05) is 23.4 Å². The van der Waals surface area contributed by atoms with Crippen LogP contribution in [-0.4, -0.2) is 61.5 Å². The predicted molar refractivity (Wildman–Crippen MR) is 125 cm³/mol. The van der Waals surface area contributed by atoms with Crippen LogP contribution >= 0.6 is 0 Å². The fourth-order valence-corrected chi connectivity index (χ4v) is 6.26. The summed E-state index contributed by atoms with van der Waals surface area (Å²) in [6.45, 7) is 6.33. The van der Waals surface area contributed by atoms with Crippen molar-refractivity contribution in [2.24, 2.45) is 5.92 Å². The molecule has 0 bridgehead atoms. The molecule has 0 N–H and O–H groups in total. The highest BCUT2D eigenvalue weighted by Gasteiger charge is 2.37. The predicted octanol–water partition coefficient (Wildman–Crippen LogP) is 3.58. The minimum Gasteiger partial charge on any atom is -0.493 e. The quantitative estimate of drug-likeness (QED) is 0.610. The number of amides is 1. The lowest BCUT2D eigenvalue weighted by Gasteiger charge is -2.32. The van der Waals surface area contributed by atoms with Gasteiger partial charge in [0.05, 0.1) is 6.61 Å². The number of benzene rings is 1. The number of carbonyl (C=O) groups excluding carboxylic acids is 1. The van der Waals surface area contributed by atoms with Crippen LogP contribution in [0.15, 0.2) is 33.7 Å². The summed E-state index contributed by atoms with van der Waals surface area (Å²) in [7, 11) is -3.80. The van der Waals surface area contributed by atoms with Crippen LogP contribution in [-0.2, 0) is 14.8 Å². The summed E-state index contributed by atoms with van der Waals surface area (Å²) >= 11 is 0. The Morgan fingerprint density at radius 1 is 1.15 bits per heavy atom. The molecule has 9 heteroatoms. The molecule has 2 saturated heterocycles. The molecule has 2 aliphatic rings.